The van der Waals surface area contributed by atoms with Gasteiger partial charge in [0, 0.05) is 33.0 Å². The maximum atomic E-state index is 11.2. The van der Waals surface area contributed by atoms with Crippen LogP contribution in [0.2, 0.25) is 0 Å². The number of carbonyl (C=O) groups is 2. The minimum atomic E-state index is -0.759. The van der Waals surface area contributed by atoms with E-state index in [1.54, 1.807) is 11.9 Å². The summed E-state index contributed by atoms with van der Waals surface area (Å²) in [5, 5.41) is 2.54. The van der Waals surface area contributed by atoms with Crippen LogP contribution in [0.3, 0.4) is 0 Å². The summed E-state index contributed by atoms with van der Waals surface area (Å²) in [6.07, 6.45) is 1.03. The Bertz CT molecular complexity index is 271. The van der Waals surface area contributed by atoms with Crippen molar-refractivity contribution in [2.45, 2.75) is 18.4 Å². The van der Waals surface area contributed by atoms with E-state index in [4.69, 9.17) is 4.89 Å². The molecule has 2 aliphatic heterocycles. The second-order valence-corrected chi connectivity index (χ2v) is 3.49. The Morgan fingerprint density at radius 3 is 2.50 bits per heavy atom. The first-order chi connectivity index (χ1) is 6.68. The van der Waals surface area contributed by atoms with Crippen LogP contribution in [0, 0.1) is 0 Å². The standard InChI is InChI=1S/C8H12N2O4/c1-9-7(12)10-4-2-8(3-5-10)6(11)13-14-8/h2-5H2,1H3,(H,9,12). The third-order valence-electron chi connectivity index (χ3n) is 2.72. The van der Waals surface area contributed by atoms with Crippen LogP contribution in [0.15, 0.2) is 0 Å². The van der Waals surface area contributed by atoms with Gasteiger partial charge >= 0.3 is 12.0 Å². The molecule has 14 heavy (non-hydrogen) atoms. The van der Waals surface area contributed by atoms with Crippen LogP contribution < -0.4 is 5.32 Å². The van der Waals surface area contributed by atoms with Gasteiger partial charge in [-0.2, -0.15) is 4.89 Å². The summed E-state index contributed by atoms with van der Waals surface area (Å²) >= 11 is 0. The Balaban J connectivity index is 1.92. The maximum Gasteiger partial charge on any atom is 0.378 e. The van der Waals surface area contributed by atoms with E-state index in [2.05, 4.69) is 10.2 Å². The quantitative estimate of drug-likeness (QED) is 0.543. The number of hydrogen-bond acceptors (Lipinski definition) is 4. The smallest absolute Gasteiger partial charge is 0.341 e. The lowest BCUT2D eigenvalue weighted by Gasteiger charge is -2.42. The van der Waals surface area contributed by atoms with Crippen molar-refractivity contribution in [2.24, 2.45) is 0 Å². The fourth-order valence-corrected chi connectivity index (χ4v) is 1.71. The first-order valence-electron chi connectivity index (χ1n) is 4.55. The van der Waals surface area contributed by atoms with E-state index in [0.29, 0.717) is 25.9 Å². The second kappa shape index (κ2) is 3.13. The van der Waals surface area contributed by atoms with E-state index in [1.165, 1.54) is 0 Å². The Kier molecular flexibility index (Phi) is 2.07. The van der Waals surface area contributed by atoms with Gasteiger partial charge in [-0.25, -0.2) is 9.59 Å². The van der Waals surface area contributed by atoms with Crippen molar-refractivity contribution in [1.29, 1.82) is 0 Å². The summed E-state index contributed by atoms with van der Waals surface area (Å²) in [6, 6.07) is -0.118. The summed E-state index contributed by atoms with van der Waals surface area (Å²) in [4.78, 5) is 33.1. The van der Waals surface area contributed by atoms with E-state index in [0.717, 1.165) is 0 Å². The Hall–Kier alpha value is -1.30. The highest BCUT2D eigenvalue weighted by molar-refractivity contribution is 5.83. The number of urea groups is 1. The van der Waals surface area contributed by atoms with Crippen LogP contribution in [0.4, 0.5) is 4.79 Å². The molecular formula is C8H12N2O4. The lowest BCUT2D eigenvalue weighted by atomic mass is 9.90. The van der Waals surface area contributed by atoms with Crippen LogP contribution in [0.5, 0.6) is 0 Å². The normalized spacial score (nSPS) is 24.1. The average molecular weight is 200 g/mol. The predicted octanol–water partition coefficient (Wildman–Crippen LogP) is -0.351. The van der Waals surface area contributed by atoms with Crippen molar-refractivity contribution < 1.29 is 19.4 Å². The van der Waals surface area contributed by atoms with E-state index < -0.39 is 5.60 Å². The van der Waals surface area contributed by atoms with Gasteiger partial charge in [-0.05, 0) is 0 Å². The Morgan fingerprint density at radius 1 is 1.50 bits per heavy atom. The molecule has 6 heteroatoms. The largest absolute Gasteiger partial charge is 0.378 e. The molecule has 0 radical (unpaired) electrons. The van der Waals surface area contributed by atoms with Gasteiger partial charge in [0.1, 0.15) is 0 Å². The molecule has 1 spiro atoms. The van der Waals surface area contributed by atoms with Crippen molar-refractivity contribution in [3.05, 3.63) is 0 Å². The number of likely N-dealkylation sites (tertiary alicyclic amines) is 1. The molecule has 0 unspecified atom stereocenters. The van der Waals surface area contributed by atoms with Gasteiger partial charge in [0.05, 0.1) is 0 Å². The topological polar surface area (TPSA) is 67.9 Å². The molecular weight excluding hydrogens is 188 g/mol. The zero-order valence-electron chi connectivity index (χ0n) is 7.91. The number of carbonyl (C=O) groups excluding carboxylic acids is 2. The molecule has 2 heterocycles. The highest BCUT2D eigenvalue weighted by Gasteiger charge is 2.54. The van der Waals surface area contributed by atoms with Gasteiger partial charge in [-0.15, -0.1) is 0 Å². The maximum absolute atomic E-state index is 11.2. The molecule has 1 N–H and O–H groups in total. The molecule has 2 aliphatic rings. The van der Waals surface area contributed by atoms with Crippen molar-refractivity contribution in [2.75, 3.05) is 20.1 Å². The van der Waals surface area contributed by atoms with Crippen molar-refractivity contribution in [3.8, 4) is 0 Å². The predicted molar refractivity (Wildman–Crippen MR) is 45.2 cm³/mol. The fraction of sp³-hybridized carbons (Fsp3) is 0.750. The van der Waals surface area contributed by atoms with E-state index in [9.17, 15) is 9.59 Å². The Morgan fingerprint density at radius 2 is 2.14 bits per heavy atom. The molecule has 0 bridgehead atoms. The van der Waals surface area contributed by atoms with E-state index >= 15 is 0 Å². The van der Waals surface area contributed by atoms with Gasteiger partial charge in [0.2, 0.25) is 5.60 Å². The van der Waals surface area contributed by atoms with Gasteiger partial charge in [0.25, 0.3) is 0 Å². The zero-order valence-corrected chi connectivity index (χ0v) is 7.91. The highest BCUT2D eigenvalue weighted by atomic mass is 17.3. The molecule has 0 saturated carbocycles. The third-order valence-corrected chi connectivity index (χ3v) is 2.72. The molecule has 2 rings (SSSR count). The molecule has 0 aliphatic carbocycles. The summed E-state index contributed by atoms with van der Waals surface area (Å²) in [5.74, 6) is -0.311. The first-order valence-corrected chi connectivity index (χ1v) is 4.55. The number of hydrogen-bond donors (Lipinski definition) is 1. The average Bonchev–Trinajstić information content (AvgIpc) is 2.26. The summed E-state index contributed by atoms with van der Waals surface area (Å²) < 4.78 is 0. The van der Waals surface area contributed by atoms with Gasteiger partial charge < -0.3 is 10.2 Å². The first kappa shape index (κ1) is 9.26. The zero-order chi connectivity index (χ0) is 10.2. The van der Waals surface area contributed by atoms with E-state index in [-0.39, 0.29) is 12.0 Å². The van der Waals surface area contributed by atoms with Crippen molar-refractivity contribution in [3.63, 3.8) is 0 Å². The number of rotatable bonds is 0. The molecule has 0 atom stereocenters. The molecule has 0 aromatic rings. The van der Waals surface area contributed by atoms with Gasteiger partial charge in [-0.1, -0.05) is 0 Å². The molecule has 2 amide bonds. The van der Waals surface area contributed by atoms with Crippen LogP contribution in [-0.4, -0.2) is 42.6 Å². The minimum absolute atomic E-state index is 0.118. The molecule has 0 aromatic carbocycles. The summed E-state index contributed by atoms with van der Waals surface area (Å²) in [6.45, 7) is 1.05. The van der Waals surface area contributed by atoms with Crippen molar-refractivity contribution >= 4 is 12.0 Å². The monoisotopic (exact) mass is 200 g/mol. The van der Waals surface area contributed by atoms with Crippen molar-refractivity contribution in [1.82, 2.24) is 10.2 Å². The van der Waals surface area contributed by atoms with Crippen LogP contribution in [0.25, 0.3) is 0 Å². The van der Waals surface area contributed by atoms with Crippen LogP contribution >= 0.6 is 0 Å². The van der Waals surface area contributed by atoms with E-state index in [1.807, 2.05) is 0 Å². The third kappa shape index (κ3) is 1.22. The summed E-state index contributed by atoms with van der Waals surface area (Å²) in [7, 11) is 1.58. The second-order valence-electron chi connectivity index (χ2n) is 3.49. The molecule has 2 saturated heterocycles. The van der Waals surface area contributed by atoms with Gasteiger partial charge in [0.15, 0.2) is 0 Å². The molecule has 0 aromatic heterocycles. The highest BCUT2D eigenvalue weighted by Crippen LogP contribution is 2.34. The number of nitrogens with one attached hydrogen (secondary N) is 1. The lowest BCUT2D eigenvalue weighted by Crippen LogP contribution is -2.60. The molecule has 6 nitrogen and oxygen atoms in total. The Labute approximate surface area is 81.1 Å². The van der Waals surface area contributed by atoms with Gasteiger partial charge in [-0.3, -0.25) is 4.89 Å². The number of nitrogens with zero attached hydrogens (tertiary/aromatic N) is 1. The SMILES string of the molecule is CNC(=O)N1CCC2(CC1)OOC2=O. The summed E-state index contributed by atoms with van der Waals surface area (Å²) in [5.41, 5.74) is -0.759. The number of amides is 2. The fourth-order valence-electron chi connectivity index (χ4n) is 1.71. The molecule has 2 fully saturated rings. The molecule has 78 valence electrons. The number of piperidine rings is 1. The van der Waals surface area contributed by atoms with Crippen LogP contribution in [0.1, 0.15) is 12.8 Å². The lowest BCUT2D eigenvalue weighted by molar-refractivity contribution is -0.407. The van der Waals surface area contributed by atoms with Crippen LogP contribution in [-0.2, 0) is 14.6 Å². The minimum Gasteiger partial charge on any atom is -0.341 e.